The van der Waals surface area contributed by atoms with Crippen LogP contribution in [0.25, 0.3) is 0 Å². The molecule has 0 fully saturated rings. The molecule has 0 atom stereocenters. The third kappa shape index (κ3) is 3.38. The number of hydrogen-bond acceptors (Lipinski definition) is 3. The van der Waals surface area contributed by atoms with E-state index >= 15 is 0 Å². The molecule has 5 aromatic rings. The second kappa shape index (κ2) is 8.36. The zero-order valence-corrected chi connectivity index (χ0v) is 17.3. The molecule has 5 rings (SSSR count). The van der Waals surface area contributed by atoms with Crippen molar-refractivity contribution in [1.29, 1.82) is 0 Å². The normalized spacial score (nSPS) is 10.8. The lowest BCUT2D eigenvalue weighted by atomic mass is 10.1. The van der Waals surface area contributed by atoms with Crippen molar-refractivity contribution in [2.24, 2.45) is 0 Å². The minimum absolute atomic E-state index is 0.0320. The third-order valence-corrected chi connectivity index (χ3v) is 5.38. The van der Waals surface area contributed by atoms with Gasteiger partial charge < -0.3 is 10.0 Å². The van der Waals surface area contributed by atoms with Crippen LogP contribution in [0.3, 0.4) is 0 Å². The van der Waals surface area contributed by atoms with E-state index in [1.165, 1.54) is 0 Å². The highest BCUT2D eigenvalue weighted by Crippen LogP contribution is 2.37. The van der Waals surface area contributed by atoms with E-state index < -0.39 is 0 Å². The summed E-state index contributed by atoms with van der Waals surface area (Å²) < 4.78 is 1.80. The third-order valence-electron chi connectivity index (χ3n) is 5.38. The van der Waals surface area contributed by atoms with Gasteiger partial charge in [0, 0.05) is 35.6 Å². The Morgan fingerprint density at radius 1 is 0.562 bits per heavy atom. The van der Waals surface area contributed by atoms with Crippen molar-refractivity contribution < 1.29 is 5.11 Å². The van der Waals surface area contributed by atoms with Gasteiger partial charge in [-0.3, -0.25) is 4.79 Å². The van der Waals surface area contributed by atoms with Crippen molar-refractivity contribution in [3.63, 3.8) is 0 Å². The number of aromatic hydroxyl groups is 1. The van der Waals surface area contributed by atoms with Gasteiger partial charge in [-0.2, -0.15) is 0 Å². The Bertz CT molecular complexity index is 1340. The molecule has 0 unspecified atom stereocenters. The number of benzene rings is 4. The largest absolute Gasteiger partial charge is 0.501 e. The summed E-state index contributed by atoms with van der Waals surface area (Å²) in [5, 5.41) is 11.5. The Morgan fingerprint density at radius 2 is 0.938 bits per heavy atom. The Morgan fingerprint density at radius 3 is 1.31 bits per heavy atom. The van der Waals surface area contributed by atoms with Gasteiger partial charge in [0.2, 0.25) is 17.1 Å². The van der Waals surface area contributed by atoms with Crippen LogP contribution in [0.1, 0.15) is 0 Å². The van der Waals surface area contributed by atoms with E-state index in [0.29, 0.717) is 0 Å². The van der Waals surface area contributed by atoms with E-state index in [2.05, 4.69) is 0 Å². The Hall–Kier alpha value is -4.44. The SMILES string of the molecule is O=c1c(N(c2ccccc2)c2ccccc2)c(O)c1=[N+](c1ccccc1)c1ccccc1. The van der Waals surface area contributed by atoms with Crippen LogP contribution in [0.15, 0.2) is 126 Å². The molecule has 5 aromatic carbocycles. The summed E-state index contributed by atoms with van der Waals surface area (Å²) in [5.41, 5.74) is 3.26. The summed E-state index contributed by atoms with van der Waals surface area (Å²) in [6, 6.07) is 38.4. The van der Waals surface area contributed by atoms with Crippen LogP contribution in [-0.4, -0.2) is 5.11 Å². The summed E-state index contributed by atoms with van der Waals surface area (Å²) in [6.07, 6.45) is 0. The maximum atomic E-state index is 13.6. The van der Waals surface area contributed by atoms with Gasteiger partial charge in [-0.05, 0) is 24.3 Å². The molecule has 0 aliphatic carbocycles. The van der Waals surface area contributed by atoms with Gasteiger partial charge in [-0.25, -0.2) is 0 Å². The summed E-state index contributed by atoms with van der Waals surface area (Å²) in [6.45, 7) is 0. The molecule has 4 nitrogen and oxygen atoms in total. The molecule has 32 heavy (non-hydrogen) atoms. The lowest BCUT2D eigenvalue weighted by Gasteiger charge is -2.26. The molecule has 4 heteroatoms. The molecular formula is C28H21N2O2+. The number of hydrogen-bond donors (Lipinski definition) is 1. The average Bonchev–Trinajstić information content (AvgIpc) is 2.87. The molecule has 0 heterocycles. The van der Waals surface area contributed by atoms with E-state index in [0.717, 1.165) is 22.7 Å². The summed E-state index contributed by atoms with van der Waals surface area (Å²) in [7, 11) is 0. The highest BCUT2D eigenvalue weighted by Gasteiger charge is 2.33. The highest BCUT2D eigenvalue weighted by atomic mass is 16.3. The zero-order valence-electron chi connectivity index (χ0n) is 17.3. The first-order valence-corrected chi connectivity index (χ1v) is 10.4. The monoisotopic (exact) mass is 417 g/mol. The second-order valence-electron chi connectivity index (χ2n) is 7.39. The molecular weight excluding hydrogens is 396 g/mol. The predicted octanol–water partition coefficient (Wildman–Crippen LogP) is 5.53. The molecule has 0 aromatic heterocycles. The fourth-order valence-corrected chi connectivity index (χ4v) is 3.91. The molecule has 0 aliphatic rings. The number of para-hydroxylation sites is 4. The molecule has 0 spiro atoms. The quantitative estimate of drug-likeness (QED) is 0.382. The Balaban J connectivity index is 1.78. The van der Waals surface area contributed by atoms with Gasteiger partial charge >= 0.3 is 5.36 Å². The maximum Gasteiger partial charge on any atom is 0.306 e. The van der Waals surface area contributed by atoms with Crippen molar-refractivity contribution in [2.75, 3.05) is 4.90 Å². The van der Waals surface area contributed by atoms with Gasteiger partial charge in [0.1, 0.15) is 0 Å². The number of nitrogens with zero attached hydrogens (tertiary/aromatic N) is 2. The average molecular weight is 417 g/mol. The first-order chi connectivity index (χ1) is 15.8. The van der Waals surface area contributed by atoms with Crippen LogP contribution in [0.5, 0.6) is 5.75 Å². The first-order valence-electron chi connectivity index (χ1n) is 10.4. The van der Waals surface area contributed by atoms with Crippen molar-refractivity contribution in [2.45, 2.75) is 0 Å². The van der Waals surface area contributed by atoms with Crippen molar-refractivity contribution in [3.8, 4) is 5.75 Å². The highest BCUT2D eigenvalue weighted by molar-refractivity contribution is 5.82. The molecule has 0 amide bonds. The van der Waals surface area contributed by atoms with Crippen LogP contribution in [0.2, 0.25) is 0 Å². The molecule has 0 aliphatic heterocycles. The first kappa shape index (κ1) is 19.5. The van der Waals surface area contributed by atoms with Crippen LogP contribution >= 0.6 is 0 Å². The van der Waals surface area contributed by atoms with E-state index in [-0.39, 0.29) is 22.2 Å². The maximum absolute atomic E-state index is 13.6. The van der Waals surface area contributed by atoms with Crippen LogP contribution < -0.4 is 20.3 Å². The van der Waals surface area contributed by atoms with Crippen LogP contribution in [0.4, 0.5) is 28.4 Å². The Labute approximate surface area is 185 Å². The van der Waals surface area contributed by atoms with Crippen molar-refractivity contribution >= 4 is 28.4 Å². The summed E-state index contributed by atoms with van der Waals surface area (Å²) >= 11 is 0. The second-order valence-corrected chi connectivity index (χ2v) is 7.39. The van der Waals surface area contributed by atoms with E-state index in [1.54, 1.807) is 9.48 Å². The Kier molecular flexibility index (Phi) is 5.10. The lowest BCUT2D eigenvalue weighted by molar-refractivity contribution is 0.458. The summed E-state index contributed by atoms with van der Waals surface area (Å²) in [4.78, 5) is 15.4. The van der Waals surface area contributed by atoms with Crippen LogP contribution in [0, 0.1) is 0 Å². The van der Waals surface area contributed by atoms with Gasteiger partial charge in [0.25, 0.3) is 5.43 Å². The minimum atomic E-state index is -0.220. The van der Waals surface area contributed by atoms with Gasteiger partial charge in [-0.1, -0.05) is 72.8 Å². The van der Waals surface area contributed by atoms with Gasteiger partial charge in [-0.15, -0.1) is 4.58 Å². The summed E-state index contributed by atoms with van der Waals surface area (Å²) in [5.74, 6) is -0.0320. The molecule has 0 saturated heterocycles. The van der Waals surface area contributed by atoms with Crippen molar-refractivity contribution in [3.05, 3.63) is 137 Å². The molecule has 154 valence electrons. The van der Waals surface area contributed by atoms with Crippen LogP contribution in [-0.2, 0) is 0 Å². The van der Waals surface area contributed by atoms with E-state index in [9.17, 15) is 9.90 Å². The smallest absolute Gasteiger partial charge is 0.306 e. The van der Waals surface area contributed by atoms with E-state index in [1.807, 2.05) is 121 Å². The zero-order chi connectivity index (χ0) is 21.9. The standard InChI is InChI=1S/C28H20N2O2/c31-27-25(29(21-13-5-1-6-14-21)22-15-7-2-8-16-22)28(32)26(27)30(23-17-9-3-10-18-23)24-19-11-4-12-20-24/h1-20H/p+1. The number of anilines is 3. The minimum Gasteiger partial charge on any atom is -0.501 e. The predicted molar refractivity (Wildman–Crippen MR) is 129 cm³/mol. The fourth-order valence-electron chi connectivity index (χ4n) is 3.91. The lowest BCUT2D eigenvalue weighted by Crippen LogP contribution is -2.43. The molecule has 0 bridgehead atoms. The topological polar surface area (TPSA) is 43.6 Å². The molecule has 0 radical (unpaired) electrons. The molecule has 0 saturated carbocycles. The fraction of sp³-hybridized carbons (Fsp3) is 0. The van der Waals surface area contributed by atoms with E-state index in [4.69, 9.17) is 0 Å². The number of rotatable bonds is 5. The van der Waals surface area contributed by atoms with Gasteiger partial charge in [0.05, 0.1) is 0 Å². The molecule has 1 N–H and O–H groups in total. The van der Waals surface area contributed by atoms with Gasteiger partial charge in [0.15, 0.2) is 5.69 Å². The van der Waals surface area contributed by atoms with Crippen molar-refractivity contribution in [1.82, 2.24) is 4.58 Å².